The van der Waals surface area contributed by atoms with Crippen molar-refractivity contribution >= 4 is 63.7 Å². The summed E-state index contributed by atoms with van der Waals surface area (Å²) < 4.78 is 0. The fourth-order valence-corrected chi connectivity index (χ4v) is 5.56. The van der Waals surface area contributed by atoms with Gasteiger partial charge in [0.05, 0.1) is 11.4 Å². The van der Waals surface area contributed by atoms with Crippen molar-refractivity contribution in [1.82, 2.24) is 0 Å². The molecule has 6 rings (SSSR count). The molecule has 0 radical (unpaired) electrons. The van der Waals surface area contributed by atoms with Gasteiger partial charge in [-0.25, -0.2) is 0 Å². The molecular weight excluding hydrogens is 575 g/mol. The van der Waals surface area contributed by atoms with Gasteiger partial charge < -0.3 is 4.90 Å². The Morgan fingerprint density at radius 1 is 0.556 bits per heavy atom. The summed E-state index contributed by atoms with van der Waals surface area (Å²) in [6.07, 6.45) is 5.18. The number of hydrogen-bond donors (Lipinski definition) is 0. The SMILES string of the molecule is Cc1ccc(N(c2ccc(C)cc2)c2ccc(/C=C/C=C3C(=O)N(c4ccccc4)C(=S)N(c4ccccc4)C3=O)cc2)cc1. The summed E-state index contributed by atoms with van der Waals surface area (Å²) in [5.41, 5.74) is 7.69. The van der Waals surface area contributed by atoms with Crippen molar-refractivity contribution in [2.45, 2.75) is 13.8 Å². The molecule has 0 bridgehead atoms. The average Bonchev–Trinajstić information content (AvgIpc) is 3.06. The fourth-order valence-electron chi connectivity index (χ4n) is 5.18. The summed E-state index contributed by atoms with van der Waals surface area (Å²) in [6.45, 7) is 4.16. The van der Waals surface area contributed by atoms with Crippen molar-refractivity contribution in [1.29, 1.82) is 0 Å². The molecule has 0 spiro atoms. The van der Waals surface area contributed by atoms with Gasteiger partial charge in [0.2, 0.25) is 0 Å². The molecule has 220 valence electrons. The predicted molar refractivity (Wildman–Crippen MR) is 188 cm³/mol. The monoisotopic (exact) mass is 605 g/mol. The maximum atomic E-state index is 13.7. The third kappa shape index (κ3) is 6.23. The van der Waals surface area contributed by atoms with Crippen molar-refractivity contribution < 1.29 is 9.59 Å². The van der Waals surface area contributed by atoms with Gasteiger partial charge >= 0.3 is 0 Å². The highest BCUT2D eigenvalue weighted by Gasteiger charge is 2.40. The van der Waals surface area contributed by atoms with E-state index in [1.54, 1.807) is 36.4 Å². The molecule has 1 aliphatic heterocycles. The van der Waals surface area contributed by atoms with Crippen molar-refractivity contribution in [3.63, 3.8) is 0 Å². The molecular formula is C39H31N3O2S. The van der Waals surface area contributed by atoms with Crippen LogP contribution in [0, 0.1) is 13.8 Å². The number of carbonyl (C=O) groups is 2. The molecule has 5 aromatic rings. The molecule has 0 aliphatic carbocycles. The Labute approximate surface area is 269 Å². The lowest BCUT2D eigenvalue weighted by Crippen LogP contribution is -2.57. The van der Waals surface area contributed by atoms with E-state index in [9.17, 15) is 9.59 Å². The molecule has 45 heavy (non-hydrogen) atoms. The number of para-hydroxylation sites is 2. The van der Waals surface area contributed by atoms with E-state index < -0.39 is 11.8 Å². The van der Waals surface area contributed by atoms with Crippen LogP contribution >= 0.6 is 12.2 Å². The Morgan fingerprint density at radius 3 is 1.38 bits per heavy atom. The van der Waals surface area contributed by atoms with Crippen molar-refractivity contribution in [3.05, 3.63) is 168 Å². The number of hydrogen-bond acceptors (Lipinski definition) is 4. The third-order valence-corrected chi connectivity index (χ3v) is 7.93. The van der Waals surface area contributed by atoms with Crippen LogP contribution in [0.4, 0.5) is 28.4 Å². The first-order valence-corrected chi connectivity index (χ1v) is 15.1. The quantitative estimate of drug-likeness (QED) is 0.105. The Kier molecular flexibility index (Phi) is 8.49. The summed E-state index contributed by atoms with van der Waals surface area (Å²) in [5, 5.41) is 0.117. The Balaban J connectivity index is 1.30. The molecule has 0 N–H and O–H groups in total. The number of rotatable bonds is 7. The van der Waals surface area contributed by atoms with Crippen LogP contribution in [0.1, 0.15) is 16.7 Å². The van der Waals surface area contributed by atoms with E-state index in [0.29, 0.717) is 11.4 Å². The number of anilines is 5. The first kappa shape index (κ1) is 29.5. The number of thiocarbonyl (C=S) groups is 1. The van der Waals surface area contributed by atoms with E-state index in [4.69, 9.17) is 12.2 Å². The second kappa shape index (κ2) is 13.0. The van der Waals surface area contributed by atoms with Gasteiger partial charge in [0.15, 0.2) is 5.11 Å². The Hall–Kier alpha value is -5.59. The molecule has 0 saturated carbocycles. The van der Waals surface area contributed by atoms with Gasteiger partial charge in [-0.05, 0) is 98.4 Å². The van der Waals surface area contributed by atoms with Crippen LogP contribution in [0.3, 0.4) is 0 Å². The second-order valence-corrected chi connectivity index (χ2v) is 11.1. The molecule has 1 aliphatic rings. The zero-order valence-electron chi connectivity index (χ0n) is 25.0. The standard InChI is InChI=1S/C39H31N3O2S/c1-28-16-22-33(23-17-28)40(34-24-18-29(2)19-25-34)35-26-20-30(21-27-35)10-9-15-36-37(43)41(31-11-5-3-6-12-31)39(45)42(38(36)44)32-13-7-4-8-14-32/h3-27H,1-2H3/b10-9+. The van der Waals surface area contributed by atoms with Gasteiger partial charge in [-0.1, -0.05) is 96.1 Å². The zero-order chi connectivity index (χ0) is 31.3. The van der Waals surface area contributed by atoms with Crippen molar-refractivity contribution in [3.8, 4) is 0 Å². The molecule has 0 atom stereocenters. The minimum absolute atomic E-state index is 0.0223. The summed E-state index contributed by atoms with van der Waals surface area (Å²) in [5.74, 6) is -0.926. The van der Waals surface area contributed by atoms with Gasteiger partial charge in [-0.15, -0.1) is 0 Å². The zero-order valence-corrected chi connectivity index (χ0v) is 25.8. The number of allylic oxidation sites excluding steroid dienone is 2. The first-order valence-electron chi connectivity index (χ1n) is 14.7. The van der Waals surface area contributed by atoms with Gasteiger partial charge in [0.1, 0.15) is 5.57 Å². The number of aryl methyl sites for hydroxylation is 2. The van der Waals surface area contributed by atoms with Gasteiger partial charge in [0.25, 0.3) is 11.8 Å². The summed E-state index contributed by atoms with van der Waals surface area (Å²) in [7, 11) is 0. The normalized spacial score (nSPS) is 13.5. The highest BCUT2D eigenvalue weighted by atomic mass is 32.1. The summed E-state index contributed by atoms with van der Waals surface area (Å²) in [6, 6.07) is 43.4. The molecule has 0 aromatic heterocycles. The van der Waals surface area contributed by atoms with Crippen LogP contribution in [-0.4, -0.2) is 16.9 Å². The molecule has 5 nitrogen and oxygen atoms in total. The molecule has 2 amide bonds. The minimum Gasteiger partial charge on any atom is -0.311 e. The van der Waals surface area contributed by atoms with E-state index in [1.807, 2.05) is 54.6 Å². The lowest BCUT2D eigenvalue weighted by atomic mass is 10.1. The average molecular weight is 606 g/mol. The summed E-state index contributed by atoms with van der Waals surface area (Å²) in [4.78, 5) is 32.4. The molecule has 0 unspecified atom stereocenters. The maximum Gasteiger partial charge on any atom is 0.270 e. The van der Waals surface area contributed by atoms with Crippen molar-refractivity contribution in [2.75, 3.05) is 14.7 Å². The summed E-state index contributed by atoms with van der Waals surface area (Å²) >= 11 is 5.69. The lowest BCUT2D eigenvalue weighted by Gasteiger charge is -2.36. The maximum absolute atomic E-state index is 13.7. The van der Waals surface area contributed by atoms with Crippen LogP contribution in [0.25, 0.3) is 6.08 Å². The van der Waals surface area contributed by atoms with Gasteiger partial charge in [0, 0.05) is 17.1 Å². The third-order valence-electron chi connectivity index (χ3n) is 7.57. The highest BCUT2D eigenvalue weighted by molar-refractivity contribution is 7.81. The van der Waals surface area contributed by atoms with Crippen LogP contribution in [0.2, 0.25) is 0 Å². The van der Waals surface area contributed by atoms with E-state index in [1.165, 1.54) is 20.9 Å². The van der Waals surface area contributed by atoms with Crippen LogP contribution < -0.4 is 14.7 Å². The van der Waals surface area contributed by atoms with E-state index in [2.05, 4.69) is 79.4 Å². The number of nitrogens with zero attached hydrogens (tertiary/aromatic N) is 3. The van der Waals surface area contributed by atoms with E-state index in [0.717, 1.165) is 22.6 Å². The number of carbonyl (C=O) groups excluding carboxylic acids is 2. The second-order valence-electron chi connectivity index (χ2n) is 10.8. The highest BCUT2D eigenvalue weighted by Crippen LogP contribution is 2.35. The topological polar surface area (TPSA) is 43.9 Å². The Morgan fingerprint density at radius 2 is 0.956 bits per heavy atom. The number of amides is 2. The smallest absolute Gasteiger partial charge is 0.270 e. The predicted octanol–water partition coefficient (Wildman–Crippen LogP) is 9.08. The van der Waals surface area contributed by atoms with Gasteiger partial charge in [-0.2, -0.15) is 0 Å². The van der Waals surface area contributed by atoms with Crippen molar-refractivity contribution in [2.24, 2.45) is 0 Å². The largest absolute Gasteiger partial charge is 0.311 e. The molecule has 6 heteroatoms. The Bertz CT molecular complexity index is 1790. The molecule has 1 saturated heterocycles. The number of benzene rings is 5. The van der Waals surface area contributed by atoms with Gasteiger partial charge in [-0.3, -0.25) is 19.4 Å². The van der Waals surface area contributed by atoms with Crippen LogP contribution in [0.15, 0.2) is 151 Å². The lowest BCUT2D eigenvalue weighted by molar-refractivity contribution is -0.120. The van der Waals surface area contributed by atoms with E-state index >= 15 is 0 Å². The van der Waals surface area contributed by atoms with E-state index in [-0.39, 0.29) is 10.7 Å². The molecule has 1 fully saturated rings. The first-order chi connectivity index (χ1) is 21.9. The van der Waals surface area contributed by atoms with Crippen LogP contribution in [-0.2, 0) is 9.59 Å². The molecule has 5 aromatic carbocycles. The minimum atomic E-state index is -0.463. The van der Waals surface area contributed by atoms with Crippen LogP contribution in [0.5, 0.6) is 0 Å². The fraction of sp³-hybridized carbons (Fsp3) is 0.0513. The molecule has 1 heterocycles.